The first-order valence-corrected chi connectivity index (χ1v) is 8.41. The molecule has 0 aliphatic heterocycles. The number of benzene rings is 1. The summed E-state index contributed by atoms with van der Waals surface area (Å²) in [6.45, 7) is 0.714. The van der Waals surface area contributed by atoms with Gasteiger partial charge in [0.1, 0.15) is 0 Å². The third-order valence-corrected chi connectivity index (χ3v) is 4.80. The van der Waals surface area contributed by atoms with Crippen LogP contribution in [0.2, 0.25) is 0 Å². The molecule has 1 amide bonds. The van der Waals surface area contributed by atoms with Gasteiger partial charge in [-0.05, 0) is 48.9 Å². The lowest BCUT2D eigenvalue weighted by Gasteiger charge is -2.15. The molecule has 1 aliphatic carbocycles. The fourth-order valence-electron chi connectivity index (χ4n) is 2.81. The molecule has 3 rings (SSSR count). The van der Waals surface area contributed by atoms with Crippen LogP contribution in [0.25, 0.3) is 0 Å². The highest BCUT2D eigenvalue weighted by molar-refractivity contribution is 9.10. The number of amides is 1. The van der Waals surface area contributed by atoms with Gasteiger partial charge in [-0.1, -0.05) is 28.1 Å². The lowest BCUT2D eigenvalue weighted by molar-refractivity contribution is -0.123. The summed E-state index contributed by atoms with van der Waals surface area (Å²) in [5, 5.41) is 7.25. The number of aryl methyl sites for hydroxylation is 2. The highest BCUT2D eigenvalue weighted by Crippen LogP contribution is 2.48. The predicted molar refractivity (Wildman–Crippen MR) is 89.6 cm³/mol. The molecular weight excluding hydrogens is 342 g/mol. The summed E-state index contributed by atoms with van der Waals surface area (Å²) in [6, 6.07) is 8.11. The maximum absolute atomic E-state index is 12.5. The van der Waals surface area contributed by atoms with Gasteiger partial charge in [0, 0.05) is 24.3 Å². The largest absolute Gasteiger partial charge is 0.355 e. The van der Waals surface area contributed by atoms with Gasteiger partial charge >= 0.3 is 0 Å². The Balaban J connectivity index is 1.50. The van der Waals surface area contributed by atoms with Gasteiger partial charge in [-0.15, -0.1) is 0 Å². The zero-order valence-electron chi connectivity index (χ0n) is 12.7. The molecule has 0 atom stereocenters. The lowest BCUT2D eigenvalue weighted by Crippen LogP contribution is -2.35. The number of nitrogens with zero attached hydrogens (tertiary/aromatic N) is 2. The zero-order chi connectivity index (χ0) is 15.6. The monoisotopic (exact) mass is 361 g/mol. The fourth-order valence-corrected chi connectivity index (χ4v) is 3.07. The number of rotatable bonds is 6. The van der Waals surface area contributed by atoms with E-state index in [9.17, 15) is 4.79 Å². The van der Waals surface area contributed by atoms with E-state index in [0.29, 0.717) is 6.54 Å². The Hall–Kier alpha value is -1.62. The van der Waals surface area contributed by atoms with Crippen LogP contribution >= 0.6 is 15.9 Å². The second kappa shape index (κ2) is 6.24. The summed E-state index contributed by atoms with van der Waals surface area (Å²) in [7, 11) is 1.92. The number of carbonyl (C=O) groups is 1. The number of carbonyl (C=O) groups excluding carboxylic acids is 1. The Morgan fingerprint density at radius 3 is 2.68 bits per heavy atom. The molecule has 2 aromatic rings. The molecule has 22 heavy (non-hydrogen) atoms. The van der Waals surface area contributed by atoms with E-state index in [0.717, 1.165) is 35.7 Å². The van der Waals surface area contributed by atoms with Gasteiger partial charge in [-0.25, -0.2) is 0 Å². The molecule has 0 bridgehead atoms. The van der Waals surface area contributed by atoms with Crippen LogP contribution in [0.1, 0.15) is 30.4 Å². The molecule has 1 N–H and O–H groups in total. The van der Waals surface area contributed by atoms with Crippen molar-refractivity contribution in [3.05, 3.63) is 52.3 Å². The van der Waals surface area contributed by atoms with Crippen molar-refractivity contribution < 1.29 is 4.79 Å². The van der Waals surface area contributed by atoms with E-state index < -0.39 is 0 Å². The molecule has 0 unspecified atom stereocenters. The van der Waals surface area contributed by atoms with Crippen LogP contribution in [0.3, 0.4) is 0 Å². The summed E-state index contributed by atoms with van der Waals surface area (Å²) < 4.78 is 2.85. The van der Waals surface area contributed by atoms with Crippen molar-refractivity contribution in [2.24, 2.45) is 7.05 Å². The number of hydrogen-bond acceptors (Lipinski definition) is 2. The van der Waals surface area contributed by atoms with Crippen molar-refractivity contribution in [3.63, 3.8) is 0 Å². The van der Waals surface area contributed by atoms with E-state index in [1.807, 2.05) is 43.7 Å². The minimum atomic E-state index is -0.283. The van der Waals surface area contributed by atoms with E-state index in [-0.39, 0.29) is 11.3 Å². The SMILES string of the molecule is Cn1cc(CCCNC(=O)C2(c3ccc(Br)cc3)CC2)cn1. The molecule has 116 valence electrons. The highest BCUT2D eigenvalue weighted by Gasteiger charge is 2.50. The molecule has 1 aromatic heterocycles. The summed E-state index contributed by atoms with van der Waals surface area (Å²) in [5.41, 5.74) is 2.06. The number of hydrogen-bond donors (Lipinski definition) is 1. The second-order valence-corrected chi connectivity index (χ2v) is 6.89. The maximum atomic E-state index is 12.5. The van der Waals surface area contributed by atoms with E-state index in [1.54, 1.807) is 4.68 Å². The van der Waals surface area contributed by atoms with Gasteiger partial charge < -0.3 is 5.32 Å². The molecular formula is C17H20BrN3O. The molecule has 1 aliphatic rings. The molecule has 1 saturated carbocycles. The smallest absolute Gasteiger partial charge is 0.230 e. The van der Waals surface area contributed by atoms with Crippen molar-refractivity contribution >= 4 is 21.8 Å². The number of aromatic nitrogens is 2. The average Bonchev–Trinajstić information content (AvgIpc) is 3.22. The van der Waals surface area contributed by atoms with E-state index >= 15 is 0 Å². The first kappa shape index (κ1) is 15.3. The summed E-state index contributed by atoms with van der Waals surface area (Å²) in [4.78, 5) is 12.5. The second-order valence-electron chi connectivity index (χ2n) is 5.97. The maximum Gasteiger partial charge on any atom is 0.230 e. The molecule has 1 heterocycles. The standard InChI is InChI=1S/C17H20BrN3O/c1-21-12-13(11-20-21)3-2-10-19-16(22)17(8-9-17)14-4-6-15(18)7-5-14/h4-7,11-12H,2-3,8-10H2,1H3,(H,19,22). The zero-order valence-corrected chi connectivity index (χ0v) is 14.3. The van der Waals surface area contributed by atoms with Gasteiger partial charge in [0.15, 0.2) is 0 Å². The van der Waals surface area contributed by atoms with Crippen molar-refractivity contribution in [1.29, 1.82) is 0 Å². The summed E-state index contributed by atoms with van der Waals surface area (Å²) >= 11 is 3.44. The van der Waals surface area contributed by atoms with Crippen LogP contribution in [0.15, 0.2) is 41.1 Å². The van der Waals surface area contributed by atoms with Crippen LogP contribution in [0.5, 0.6) is 0 Å². The fraction of sp³-hybridized carbons (Fsp3) is 0.412. The van der Waals surface area contributed by atoms with E-state index in [4.69, 9.17) is 0 Å². The van der Waals surface area contributed by atoms with Crippen LogP contribution in [-0.4, -0.2) is 22.2 Å². The Morgan fingerprint density at radius 1 is 1.36 bits per heavy atom. The highest BCUT2D eigenvalue weighted by atomic mass is 79.9. The van der Waals surface area contributed by atoms with Crippen molar-refractivity contribution in [1.82, 2.24) is 15.1 Å². The first-order valence-electron chi connectivity index (χ1n) is 7.62. The molecule has 0 spiro atoms. The van der Waals surface area contributed by atoms with E-state index in [1.165, 1.54) is 5.56 Å². The Kier molecular flexibility index (Phi) is 4.34. The van der Waals surface area contributed by atoms with Crippen LogP contribution in [-0.2, 0) is 23.7 Å². The van der Waals surface area contributed by atoms with Gasteiger partial charge in [-0.2, -0.15) is 5.10 Å². The van der Waals surface area contributed by atoms with Crippen LogP contribution < -0.4 is 5.32 Å². The van der Waals surface area contributed by atoms with Crippen molar-refractivity contribution in [2.45, 2.75) is 31.1 Å². The van der Waals surface area contributed by atoms with Gasteiger partial charge in [0.2, 0.25) is 5.91 Å². The molecule has 0 saturated heterocycles. The summed E-state index contributed by atoms with van der Waals surface area (Å²) in [5.74, 6) is 0.168. The molecule has 1 aromatic carbocycles. The lowest BCUT2D eigenvalue weighted by atomic mass is 9.95. The quantitative estimate of drug-likeness (QED) is 0.804. The van der Waals surface area contributed by atoms with Crippen molar-refractivity contribution in [3.8, 4) is 0 Å². The third-order valence-electron chi connectivity index (χ3n) is 4.27. The molecule has 4 nitrogen and oxygen atoms in total. The number of halogens is 1. The van der Waals surface area contributed by atoms with Crippen molar-refractivity contribution in [2.75, 3.05) is 6.54 Å². The number of nitrogens with one attached hydrogen (secondary N) is 1. The Labute approximate surface area is 139 Å². The van der Waals surface area contributed by atoms with Gasteiger partial charge in [-0.3, -0.25) is 9.48 Å². The normalized spacial score (nSPS) is 15.5. The van der Waals surface area contributed by atoms with E-state index in [2.05, 4.69) is 26.3 Å². The van der Waals surface area contributed by atoms with Gasteiger partial charge in [0.05, 0.1) is 11.6 Å². The molecule has 1 fully saturated rings. The minimum Gasteiger partial charge on any atom is -0.355 e. The summed E-state index contributed by atoms with van der Waals surface area (Å²) in [6.07, 6.45) is 7.68. The third kappa shape index (κ3) is 3.24. The molecule has 5 heteroatoms. The minimum absolute atomic E-state index is 0.168. The molecule has 0 radical (unpaired) electrons. The topological polar surface area (TPSA) is 46.9 Å². The average molecular weight is 362 g/mol. The van der Waals surface area contributed by atoms with Crippen LogP contribution in [0, 0.1) is 0 Å². The van der Waals surface area contributed by atoms with Gasteiger partial charge in [0.25, 0.3) is 0 Å². The Bertz CT molecular complexity index is 659. The first-order chi connectivity index (χ1) is 10.6. The van der Waals surface area contributed by atoms with Crippen LogP contribution in [0.4, 0.5) is 0 Å². The Morgan fingerprint density at radius 2 is 2.09 bits per heavy atom. The predicted octanol–water partition coefficient (Wildman–Crippen LogP) is 2.96.